The molecule has 0 aromatic heterocycles. The first-order valence-corrected chi connectivity index (χ1v) is 10.9. The van der Waals surface area contributed by atoms with Gasteiger partial charge in [-0.1, -0.05) is 25.2 Å². The molecule has 0 aromatic carbocycles. The van der Waals surface area contributed by atoms with Crippen LogP contribution in [0.5, 0.6) is 0 Å². The highest BCUT2D eigenvalue weighted by molar-refractivity contribution is 6.01. The number of halogens is 1. The van der Waals surface area contributed by atoms with E-state index in [-0.39, 0.29) is 18.1 Å². The fourth-order valence-electron chi connectivity index (χ4n) is 7.39. The van der Waals surface area contributed by atoms with Gasteiger partial charge >= 0.3 is 0 Å². The predicted molar refractivity (Wildman–Crippen MR) is 109 cm³/mol. The molecule has 7 heteroatoms. The third kappa shape index (κ3) is 2.25. The monoisotopic (exact) mass is 432 g/mol. The van der Waals surface area contributed by atoms with Gasteiger partial charge in [0.1, 0.15) is 6.61 Å². The van der Waals surface area contributed by atoms with E-state index in [0.717, 1.165) is 0 Å². The lowest BCUT2D eigenvalue weighted by Gasteiger charge is -2.61. The molecule has 0 bridgehead atoms. The van der Waals surface area contributed by atoms with Crippen LogP contribution in [0.25, 0.3) is 0 Å². The van der Waals surface area contributed by atoms with E-state index in [4.69, 9.17) is 9.47 Å². The van der Waals surface area contributed by atoms with Crippen LogP contribution in [-0.4, -0.2) is 57.7 Å². The standard InChI is InChI=1S/C24H29FO6/c1-20(2)30-19-10-16-15-6-5-13-9-14(27)7-8-21(13,3)23(15,25)17(28)11-22(16,4)24(19,31-20)18(29)12-26/h5-9,15-17,19,26,28H,10-12H2,1-4H3/t15-,16-,17-,19+,21-,22-,23-,24+/m0/s1. The highest BCUT2D eigenvalue weighted by Gasteiger charge is 2.79. The number of ether oxygens (including phenoxy) is 2. The Morgan fingerprint density at radius 1 is 1.26 bits per heavy atom. The minimum absolute atomic E-state index is 0.0230. The van der Waals surface area contributed by atoms with Crippen molar-refractivity contribution in [1.29, 1.82) is 0 Å². The van der Waals surface area contributed by atoms with Crippen LogP contribution in [-0.2, 0) is 19.1 Å². The van der Waals surface area contributed by atoms with Gasteiger partial charge in [0, 0.05) is 16.7 Å². The van der Waals surface area contributed by atoms with Crippen molar-refractivity contribution < 1.29 is 33.7 Å². The van der Waals surface area contributed by atoms with Gasteiger partial charge in [0.2, 0.25) is 0 Å². The number of alkyl halides is 1. The summed E-state index contributed by atoms with van der Waals surface area (Å²) in [6, 6.07) is 0. The molecule has 1 saturated heterocycles. The molecule has 0 radical (unpaired) electrons. The Bertz CT molecular complexity index is 967. The van der Waals surface area contributed by atoms with Crippen LogP contribution in [0.2, 0.25) is 0 Å². The quantitative estimate of drug-likeness (QED) is 0.695. The van der Waals surface area contributed by atoms with Crippen molar-refractivity contribution in [2.45, 2.75) is 69.8 Å². The summed E-state index contributed by atoms with van der Waals surface area (Å²) in [5.74, 6) is -2.82. The van der Waals surface area contributed by atoms with Crippen molar-refractivity contribution >= 4 is 11.6 Å². The molecule has 3 fully saturated rings. The fraction of sp³-hybridized carbons (Fsp3) is 0.667. The van der Waals surface area contributed by atoms with Crippen LogP contribution in [0.3, 0.4) is 0 Å². The highest BCUT2D eigenvalue weighted by Crippen LogP contribution is 2.71. The zero-order chi connectivity index (χ0) is 22.6. The normalized spacial score (nSPS) is 51.6. The Balaban J connectivity index is 1.67. The first-order chi connectivity index (χ1) is 14.4. The van der Waals surface area contributed by atoms with E-state index < -0.39 is 58.4 Å². The zero-order valence-corrected chi connectivity index (χ0v) is 18.2. The molecule has 4 aliphatic carbocycles. The summed E-state index contributed by atoms with van der Waals surface area (Å²) < 4.78 is 29.4. The molecule has 31 heavy (non-hydrogen) atoms. The molecule has 0 amide bonds. The summed E-state index contributed by atoms with van der Waals surface area (Å²) in [5.41, 5.74) is -5.10. The highest BCUT2D eigenvalue weighted by atomic mass is 19.1. The van der Waals surface area contributed by atoms with Crippen LogP contribution < -0.4 is 0 Å². The molecular weight excluding hydrogens is 403 g/mol. The Kier molecular flexibility index (Phi) is 4.11. The van der Waals surface area contributed by atoms with Gasteiger partial charge in [-0.15, -0.1) is 0 Å². The largest absolute Gasteiger partial charge is 0.390 e. The molecule has 2 saturated carbocycles. The van der Waals surface area contributed by atoms with Crippen molar-refractivity contribution in [2.75, 3.05) is 6.61 Å². The number of Topliss-reactive ketones (excluding diaryl/α,β-unsaturated/α-hetero) is 1. The van der Waals surface area contributed by atoms with Crippen LogP contribution in [0, 0.1) is 22.7 Å². The van der Waals surface area contributed by atoms with Crippen molar-refractivity contribution in [3.05, 3.63) is 36.0 Å². The van der Waals surface area contributed by atoms with Gasteiger partial charge in [-0.25, -0.2) is 4.39 Å². The van der Waals surface area contributed by atoms with Crippen molar-refractivity contribution in [3.63, 3.8) is 0 Å². The van der Waals surface area contributed by atoms with Gasteiger partial charge in [0.25, 0.3) is 0 Å². The second-order valence-electron chi connectivity index (χ2n) is 10.6. The van der Waals surface area contributed by atoms with E-state index in [2.05, 4.69) is 0 Å². The van der Waals surface area contributed by atoms with Gasteiger partial charge in [0.05, 0.1) is 12.2 Å². The molecular formula is C24H29FO6. The maximum atomic E-state index is 17.1. The number of aliphatic hydroxyl groups excluding tert-OH is 2. The van der Waals surface area contributed by atoms with E-state index in [1.807, 2.05) is 6.92 Å². The third-order valence-corrected chi connectivity index (χ3v) is 8.76. The summed E-state index contributed by atoms with van der Waals surface area (Å²) in [6.07, 6.45) is 6.13. The lowest BCUT2D eigenvalue weighted by molar-refractivity contribution is -0.236. The van der Waals surface area contributed by atoms with Crippen molar-refractivity contribution in [1.82, 2.24) is 0 Å². The number of allylic oxidation sites excluding steroid dienone is 6. The molecule has 5 aliphatic rings. The van der Waals surface area contributed by atoms with Crippen LogP contribution >= 0.6 is 0 Å². The Morgan fingerprint density at radius 2 is 1.97 bits per heavy atom. The lowest BCUT2D eigenvalue weighted by atomic mass is 9.46. The molecule has 2 N–H and O–H groups in total. The molecule has 168 valence electrons. The van der Waals surface area contributed by atoms with Crippen LogP contribution in [0.4, 0.5) is 4.39 Å². The van der Waals surface area contributed by atoms with Gasteiger partial charge in [-0.05, 0) is 57.3 Å². The van der Waals surface area contributed by atoms with Crippen LogP contribution in [0.15, 0.2) is 36.0 Å². The summed E-state index contributed by atoms with van der Waals surface area (Å²) in [4.78, 5) is 25.0. The minimum atomic E-state index is -2.06. The molecule has 0 unspecified atom stereocenters. The average molecular weight is 432 g/mol. The van der Waals surface area contributed by atoms with Crippen LogP contribution in [0.1, 0.15) is 40.5 Å². The number of rotatable bonds is 2. The summed E-state index contributed by atoms with van der Waals surface area (Å²) >= 11 is 0. The number of aliphatic hydroxyl groups is 2. The van der Waals surface area contributed by atoms with Crippen molar-refractivity contribution in [3.8, 4) is 0 Å². The predicted octanol–water partition coefficient (Wildman–Crippen LogP) is 2.19. The second kappa shape index (κ2) is 6.01. The number of hydrogen-bond donors (Lipinski definition) is 2. The Labute approximate surface area is 180 Å². The van der Waals surface area contributed by atoms with E-state index >= 15 is 4.39 Å². The van der Waals surface area contributed by atoms with Gasteiger partial charge in [-0.3, -0.25) is 9.59 Å². The molecule has 5 rings (SSSR count). The number of carbonyl (C=O) groups is 2. The van der Waals surface area contributed by atoms with Gasteiger partial charge < -0.3 is 19.7 Å². The minimum Gasteiger partial charge on any atom is -0.390 e. The fourth-order valence-corrected chi connectivity index (χ4v) is 7.39. The van der Waals surface area contributed by atoms with Gasteiger partial charge in [0.15, 0.2) is 28.6 Å². The summed E-state index contributed by atoms with van der Waals surface area (Å²) in [7, 11) is 0. The second-order valence-corrected chi connectivity index (χ2v) is 10.6. The number of ketones is 2. The first kappa shape index (κ1) is 21.2. The summed E-state index contributed by atoms with van der Waals surface area (Å²) in [5, 5.41) is 21.1. The Morgan fingerprint density at radius 3 is 2.65 bits per heavy atom. The van der Waals surface area contributed by atoms with E-state index in [1.54, 1.807) is 39.0 Å². The maximum Gasteiger partial charge on any atom is 0.193 e. The first-order valence-electron chi connectivity index (χ1n) is 10.9. The molecule has 0 aromatic rings. The number of fused-ring (bicyclic) bond motifs is 7. The number of hydrogen-bond acceptors (Lipinski definition) is 6. The molecule has 0 spiro atoms. The lowest BCUT2D eigenvalue weighted by Crippen LogP contribution is -2.69. The third-order valence-electron chi connectivity index (χ3n) is 8.76. The molecule has 1 heterocycles. The molecule has 6 nitrogen and oxygen atoms in total. The summed E-state index contributed by atoms with van der Waals surface area (Å²) in [6.45, 7) is 6.28. The van der Waals surface area contributed by atoms with Crippen molar-refractivity contribution in [2.24, 2.45) is 22.7 Å². The average Bonchev–Trinajstić information content (AvgIpc) is 3.09. The zero-order valence-electron chi connectivity index (χ0n) is 18.2. The van der Waals surface area contributed by atoms with E-state index in [9.17, 15) is 19.8 Å². The molecule has 1 aliphatic heterocycles. The number of carbonyl (C=O) groups excluding carboxylic acids is 2. The Hall–Kier alpha value is -1.67. The maximum absolute atomic E-state index is 17.1. The molecule has 8 atom stereocenters. The van der Waals surface area contributed by atoms with Gasteiger partial charge in [-0.2, -0.15) is 0 Å². The smallest absolute Gasteiger partial charge is 0.193 e. The topological polar surface area (TPSA) is 93.1 Å². The SMILES string of the molecule is CC1(C)O[C@@H]2C[C@H]3[C@@H]4C=CC5=CC(=O)C=C[C@]5(C)[C@@]4(F)[C@@H](O)C[C@]3(C)[C@]2(C(=O)CO)O1. The van der Waals surface area contributed by atoms with E-state index in [0.29, 0.717) is 12.0 Å². The van der Waals surface area contributed by atoms with E-state index in [1.165, 1.54) is 12.2 Å².